The molecule has 0 fully saturated rings. The zero-order valence-corrected chi connectivity index (χ0v) is 6.98. The van der Waals surface area contributed by atoms with E-state index in [1.54, 1.807) is 0 Å². The van der Waals surface area contributed by atoms with Gasteiger partial charge in [0.1, 0.15) is 0 Å². The van der Waals surface area contributed by atoms with Crippen LogP contribution in [0.2, 0.25) is 0 Å². The second-order valence-electron chi connectivity index (χ2n) is 1.34. The molecule has 0 unspecified atom stereocenters. The molecule has 0 spiro atoms. The van der Waals surface area contributed by atoms with E-state index in [9.17, 15) is 0 Å². The van der Waals surface area contributed by atoms with Gasteiger partial charge in [0.15, 0.2) is 0 Å². The van der Waals surface area contributed by atoms with E-state index in [2.05, 4.69) is 4.08 Å². The third-order valence-corrected chi connectivity index (χ3v) is 2.99. The highest BCUT2D eigenvalue weighted by atomic mass is 127. The first-order chi connectivity index (χ1) is 3.79. The minimum atomic E-state index is -0.0301. The lowest BCUT2D eigenvalue weighted by molar-refractivity contribution is 1.45. The molecule has 1 nitrogen and oxygen atoms in total. The fourth-order valence-electron chi connectivity index (χ4n) is 0.370. The number of hydrogen-bond acceptors (Lipinski definition) is 1. The van der Waals surface area contributed by atoms with E-state index in [1.165, 1.54) is 0 Å². The Morgan fingerprint density at radius 3 is 2.75 bits per heavy atom. The third-order valence-electron chi connectivity index (χ3n) is 0.698. The molecule has 1 heterocycles. The summed E-state index contributed by atoms with van der Waals surface area (Å²) >= 11 is 5.64. The van der Waals surface area contributed by atoms with Gasteiger partial charge in [-0.1, -0.05) is 32.3 Å². The molecule has 2 N–H and O–H groups in total. The van der Waals surface area contributed by atoms with Gasteiger partial charge in [0, 0.05) is 5.70 Å². The summed E-state index contributed by atoms with van der Waals surface area (Å²) in [6, 6.07) is 0. The molecule has 1 aliphatic rings. The summed E-state index contributed by atoms with van der Waals surface area (Å²) in [6.07, 6.45) is 3.72. The Kier molecular flexibility index (Phi) is 2.08. The molecule has 3 heteroatoms. The second kappa shape index (κ2) is 2.64. The zero-order chi connectivity index (χ0) is 5.98. The van der Waals surface area contributed by atoms with Crippen LogP contribution in [0.25, 0.3) is 0 Å². The molecule has 0 bridgehead atoms. The molecule has 1 rings (SSSR count). The maximum absolute atomic E-state index is 5.67. The summed E-state index contributed by atoms with van der Waals surface area (Å²) in [6.45, 7) is 0. The molecular formula is C5H5ClIN. The van der Waals surface area contributed by atoms with Crippen LogP contribution in [0.5, 0.6) is 0 Å². The van der Waals surface area contributed by atoms with Crippen LogP contribution < -0.4 is 5.73 Å². The number of allylic oxidation sites excluding steroid dienone is 2. The van der Waals surface area contributed by atoms with Crippen LogP contribution in [0, 0.1) is 0 Å². The van der Waals surface area contributed by atoms with Gasteiger partial charge < -0.3 is 5.73 Å². The van der Waals surface area contributed by atoms with E-state index in [4.69, 9.17) is 17.3 Å². The van der Waals surface area contributed by atoms with Gasteiger partial charge in [-0.25, -0.2) is 0 Å². The van der Waals surface area contributed by atoms with Crippen LogP contribution >= 0.6 is 32.3 Å². The molecule has 0 saturated heterocycles. The fourth-order valence-corrected chi connectivity index (χ4v) is 2.29. The Labute approximate surface area is 63.0 Å². The van der Waals surface area contributed by atoms with Crippen LogP contribution in [0.1, 0.15) is 0 Å². The highest BCUT2D eigenvalue weighted by molar-refractivity contribution is 14.2. The number of nitrogens with two attached hydrogens (primary N) is 1. The van der Waals surface area contributed by atoms with Crippen molar-refractivity contribution in [3.63, 3.8) is 0 Å². The monoisotopic (exact) mass is 241 g/mol. The molecule has 0 saturated carbocycles. The molecule has 1 aliphatic heterocycles. The van der Waals surface area contributed by atoms with Crippen molar-refractivity contribution in [2.45, 2.75) is 0 Å². The van der Waals surface area contributed by atoms with Crippen molar-refractivity contribution in [3.8, 4) is 0 Å². The van der Waals surface area contributed by atoms with E-state index >= 15 is 0 Å². The van der Waals surface area contributed by atoms with Gasteiger partial charge in [0.2, 0.25) is 0 Å². The topological polar surface area (TPSA) is 26.0 Å². The van der Waals surface area contributed by atoms with Crippen LogP contribution in [0.4, 0.5) is 0 Å². The Hall–Kier alpha value is 0.170. The first kappa shape index (κ1) is 6.29. The van der Waals surface area contributed by atoms with Gasteiger partial charge in [-0.2, -0.15) is 0 Å². The smallest absolute Gasteiger partial charge is 0.0755 e. The zero-order valence-electron chi connectivity index (χ0n) is 4.07. The summed E-state index contributed by atoms with van der Waals surface area (Å²) in [5, 5.41) is 0. The Balaban J connectivity index is 2.89. The Morgan fingerprint density at radius 2 is 2.38 bits per heavy atom. The van der Waals surface area contributed by atoms with Gasteiger partial charge in [-0.05, 0) is 16.2 Å². The van der Waals surface area contributed by atoms with E-state index < -0.39 is 0 Å². The van der Waals surface area contributed by atoms with Gasteiger partial charge in [-0.3, -0.25) is 0 Å². The SMILES string of the molecule is NC1=CC(Cl)=IC=C1. The Bertz CT molecular complexity index is 178. The molecule has 0 aromatic rings. The van der Waals surface area contributed by atoms with Gasteiger partial charge in [0.05, 0.1) is 2.97 Å². The lowest BCUT2D eigenvalue weighted by atomic mass is 10.4. The molecule has 0 radical (unpaired) electrons. The average molecular weight is 241 g/mol. The minimum Gasteiger partial charge on any atom is -0.399 e. The van der Waals surface area contributed by atoms with Crippen molar-refractivity contribution < 1.29 is 0 Å². The van der Waals surface area contributed by atoms with E-state index in [0.29, 0.717) is 0 Å². The number of rotatable bonds is 0. The summed E-state index contributed by atoms with van der Waals surface area (Å²) in [5.74, 6) is 0. The average Bonchev–Trinajstić information content (AvgIpc) is 1.64. The predicted molar refractivity (Wildman–Crippen MR) is 46.3 cm³/mol. The lowest BCUT2D eigenvalue weighted by Gasteiger charge is -1.94. The molecule has 44 valence electrons. The highest BCUT2D eigenvalue weighted by Crippen LogP contribution is 2.13. The quantitative estimate of drug-likeness (QED) is 0.642. The molecule has 0 aromatic heterocycles. The fraction of sp³-hybridized carbons (Fsp3) is 0. The number of hydrogen-bond donors (Lipinski definition) is 1. The molecule has 0 atom stereocenters. The third kappa shape index (κ3) is 1.59. The van der Waals surface area contributed by atoms with E-state index in [0.717, 1.165) is 8.67 Å². The predicted octanol–water partition coefficient (Wildman–Crippen LogP) is 1.70. The molecule has 8 heavy (non-hydrogen) atoms. The standard InChI is InChI=1S/C5H5ClIN/c6-5-3-4(8)1-2-7-5/h1-3H,8H2. The van der Waals surface area contributed by atoms with Crippen molar-refractivity contribution >= 4 is 35.3 Å². The van der Waals surface area contributed by atoms with E-state index in [-0.39, 0.29) is 20.7 Å². The largest absolute Gasteiger partial charge is 0.399 e. The normalized spacial score (nSPS) is 18.6. The summed E-state index contributed by atoms with van der Waals surface area (Å²) in [4.78, 5) is 0. The Morgan fingerprint density at radius 1 is 1.62 bits per heavy atom. The summed E-state index contributed by atoms with van der Waals surface area (Å²) < 4.78 is 2.97. The number of halogens is 2. The van der Waals surface area contributed by atoms with Crippen molar-refractivity contribution in [1.29, 1.82) is 0 Å². The van der Waals surface area contributed by atoms with Crippen LogP contribution in [0.15, 0.2) is 21.9 Å². The maximum Gasteiger partial charge on any atom is 0.0755 e. The molecule has 0 aromatic carbocycles. The maximum atomic E-state index is 5.67. The molecule has 0 amide bonds. The van der Waals surface area contributed by atoms with Crippen LogP contribution in [0.3, 0.4) is 0 Å². The molecule has 0 aliphatic carbocycles. The second-order valence-corrected chi connectivity index (χ2v) is 4.88. The first-order valence-electron chi connectivity index (χ1n) is 2.08. The van der Waals surface area contributed by atoms with Gasteiger partial charge >= 0.3 is 0 Å². The first-order valence-corrected chi connectivity index (χ1v) is 4.79. The van der Waals surface area contributed by atoms with Crippen LogP contribution in [-0.4, -0.2) is 2.97 Å². The van der Waals surface area contributed by atoms with E-state index in [1.807, 2.05) is 12.2 Å². The van der Waals surface area contributed by atoms with Crippen LogP contribution in [-0.2, 0) is 0 Å². The summed E-state index contributed by atoms with van der Waals surface area (Å²) in [7, 11) is 0. The molecular weight excluding hydrogens is 236 g/mol. The van der Waals surface area contributed by atoms with Crippen molar-refractivity contribution in [2.24, 2.45) is 5.73 Å². The summed E-state index contributed by atoms with van der Waals surface area (Å²) in [5.41, 5.74) is 6.18. The highest BCUT2D eigenvalue weighted by Gasteiger charge is 1.90. The van der Waals surface area contributed by atoms with Gasteiger partial charge in [0.25, 0.3) is 0 Å². The van der Waals surface area contributed by atoms with Crippen molar-refractivity contribution in [1.82, 2.24) is 0 Å². The lowest BCUT2D eigenvalue weighted by Crippen LogP contribution is -1.95. The van der Waals surface area contributed by atoms with Crippen molar-refractivity contribution in [2.75, 3.05) is 0 Å². The minimum absolute atomic E-state index is 0.0301. The van der Waals surface area contributed by atoms with Crippen molar-refractivity contribution in [3.05, 3.63) is 21.9 Å². The van der Waals surface area contributed by atoms with Gasteiger partial charge in [-0.15, -0.1) is 0 Å².